The van der Waals surface area contributed by atoms with E-state index in [0.29, 0.717) is 0 Å². The van der Waals surface area contributed by atoms with Crippen LogP contribution in [0.2, 0.25) is 0 Å². The number of azide groups is 1. The lowest BCUT2D eigenvalue weighted by Gasteiger charge is -2.28. The van der Waals surface area contributed by atoms with E-state index in [2.05, 4.69) is 15.3 Å². The Balaban J connectivity index is 3.45. The van der Waals surface area contributed by atoms with E-state index in [0.717, 1.165) is 12.5 Å². The Morgan fingerprint density at radius 2 is 1.83 bits per heavy atom. The van der Waals surface area contributed by atoms with E-state index < -0.39 is 39.0 Å². The van der Waals surface area contributed by atoms with Crippen LogP contribution < -0.4 is 11.1 Å². The van der Waals surface area contributed by atoms with Gasteiger partial charge in [0, 0.05) is 4.91 Å². The number of amides is 2. The van der Waals surface area contributed by atoms with Crippen molar-refractivity contribution in [3.63, 3.8) is 0 Å². The number of urea groups is 1. The fourth-order valence-electron chi connectivity index (χ4n) is 2.31. The number of carbonyl (C=O) groups is 2. The topological polar surface area (TPSA) is 155 Å². The van der Waals surface area contributed by atoms with Crippen molar-refractivity contribution in [2.45, 2.75) is 43.0 Å². The lowest BCUT2D eigenvalue weighted by molar-refractivity contribution is -0.117. The summed E-state index contributed by atoms with van der Waals surface area (Å²) in [7, 11) is -4.13. The van der Waals surface area contributed by atoms with Gasteiger partial charge in [0.2, 0.25) is 0 Å². The first-order chi connectivity index (χ1) is 11.1. The van der Waals surface area contributed by atoms with Crippen LogP contribution in [0.3, 0.4) is 0 Å². The minimum atomic E-state index is -4.13. The second-order valence-electron chi connectivity index (χ2n) is 5.37. The normalized spacial score (nSPS) is 14.8. The molecule has 0 aliphatic carbocycles. The second-order valence-corrected chi connectivity index (χ2v) is 7.44. The summed E-state index contributed by atoms with van der Waals surface area (Å²) < 4.78 is 25.7. The zero-order valence-corrected chi connectivity index (χ0v) is 14.3. The summed E-state index contributed by atoms with van der Waals surface area (Å²) in [4.78, 5) is 25.8. The summed E-state index contributed by atoms with van der Waals surface area (Å²) in [5.74, 6) is -0.700. The molecule has 0 saturated heterocycles. The van der Waals surface area contributed by atoms with Crippen LogP contribution in [0.4, 0.5) is 4.79 Å². The third-order valence-electron chi connectivity index (χ3n) is 3.47. The first-order valence-electron chi connectivity index (χ1n) is 7.02. The van der Waals surface area contributed by atoms with Crippen molar-refractivity contribution in [2.75, 3.05) is 0 Å². The first kappa shape index (κ1) is 19.5. The number of ketones is 1. The monoisotopic (exact) mass is 353 g/mol. The van der Waals surface area contributed by atoms with Gasteiger partial charge in [-0.05, 0) is 31.5 Å². The molecule has 1 aromatic carbocycles. The third-order valence-corrected chi connectivity index (χ3v) is 5.70. The maximum atomic E-state index is 12.9. The highest BCUT2D eigenvalue weighted by Crippen LogP contribution is 2.22. The maximum absolute atomic E-state index is 12.9. The second kappa shape index (κ2) is 7.80. The number of nitrogens with zero attached hydrogens (tertiary/aromatic N) is 3. The van der Waals surface area contributed by atoms with Gasteiger partial charge in [0.15, 0.2) is 9.84 Å². The van der Waals surface area contributed by atoms with Crippen molar-refractivity contribution in [2.24, 2.45) is 10.8 Å². The molecule has 10 heteroatoms. The van der Waals surface area contributed by atoms with E-state index in [-0.39, 0.29) is 4.90 Å². The summed E-state index contributed by atoms with van der Waals surface area (Å²) in [6, 6.07) is 2.62. The van der Waals surface area contributed by atoms with Gasteiger partial charge in [0.25, 0.3) is 0 Å². The van der Waals surface area contributed by atoms with Crippen molar-refractivity contribution < 1.29 is 18.0 Å². The molecule has 2 amide bonds. The Hall–Kier alpha value is -2.58. The van der Waals surface area contributed by atoms with Crippen LogP contribution in [0, 0.1) is 6.92 Å². The number of aryl methyl sites for hydroxylation is 1. The Morgan fingerprint density at radius 1 is 1.29 bits per heavy atom. The molecule has 3 atom stereocenters. The molecule has 1 rings (SSSR count). The first-order valence-corrected chi connectivity index (χ1v) is 8.57. The van der Waals surface area contributed by atoms with Crippen LogP contribution >= 0.6 is 0 Å². The molecule has 0 bridgehead atoms. The van der Waals surface area contributed by atoms with Crippen LogP contribution in [0.15, 0.2) is 34.3 Å². The van der Waals surface area contributed by atoms with Gasteiger partial charge in [0.05, 0.1) is 17.0 Å². The van der Waals surface area contributed by atoms with Gasteiger partial charge in [-0.1, -0.05) is 29.7 Å². The van der Waals surface area contributed by atoms with E-state index in [1.54, 1.807) is 19.1 Å². The average molecular weight is 353 g/mol. The van der Waals surface area contributed by atoms with E-state index in [4.69, 9.17) is 11.3 Å². The number of nitrogens with one attached hydrogen (secondary N) is 1. The molecule has 0 fully saturated rings. The van der Waals surface area contributed by atoms with Crippen molar-refractivity contribution in [1.29, 1.82) is 0 Å². The number of primary amides is 1. The number of hydrogen-bond acceptors (Lipinski definition) is 5. The molecule has 9 nitrogen and oxygen atoms in total. The predicted octanol–water partition coefficient (Wildman–Crippen LogP) is 1.46. The van der Waals surface area contributed by atoms with E-state index in [1.807, 2.05) is 0 Å². The fourth-order valence-corrected chi connectivity index (χ4v) is 4.23. The lowest BCUT2D eigenvalue weighted by atomic mass is 10.0. The Labute approximate surface area is 139 Å². The molecule has 24 heavy (non-hydrogen) atoms. The third kappa shape index (κ3) is 4.46. The number of carbonyl (C=O) groups excluding carboxylic acids is 2. The van der Waals surface area contributed by atoms with Gasteiger partial charge in [-0.3, -0.25) is 4.79 Å². The molecule has 0 radical (unpaired) electrons. The molecule has 0 aliphatic heterocycles. The van der Waals surface area contributed by atoms with Crippen LogP contribution in [0.1, 0.15) is 19.4 Å². The standard InChI is InChI=1S/C14H19N5O4S/c1-8-4-6-11(7-5-8)24(22,23)13(10(3)20)12(17-14(15)21)9(2)18-19-16/h4-7,9,12-13H,1-3H3,(H3,15,17,21). The Morgan fingerprint density at radius 3 is 2.25 bits per heavy atom. The van der Waals surface area contributed by atoms with Gasteiger partial charge in [0.1, 0.15) is 11.0 Å². The van der Waals surface area contributed by atoms with Crippen molar-refractivity contribution >= 4 is 21.7 Å². The molecule has 3 unspecified atom stereocenters. The van der Waals surface area contributed by atoms with E-state index in [9.17, 15) is 18.0 Å². The quantitative estimate of drug-likeness (QED) is 0.432. The Bertz CT molecular complexity index is 769. The van der Waals surface area contributed by atoms with Gasteiger partial charge in [-0.25, -0.2) is 13.2 Å². The summed E-state index contributed by atoms with van der Waals surface area (Å²) in [6.07, 6.45) is 0. The summed E-state index contributed by atoms with van der Waals surface area (Å²) in [6.45, 7) is 4.27. The van der Waals surface area contributed by atoms with Crippen LogP contribution in [-0.4, -0.2) is 37.6 Å². The molecule has 0 spiro atoms. The highest BCUT2D eigenvalue weighted by atomic mass is 32.2. The highest BCUT2D eigenvalue weighted by Gasteiger charge is 2.41. The summed E-state index contributed by atoms with van der Waals surface area (Å²) in [5.41, 5.74) is 14.5. The predicted molar refractivity (Wildman–Crippen MR) is 87.9 cm³/mol. The Kier molecular flexibility index (Phi) is 6.33. The SMILES string of the molecule is CC(=O)C(C(NC(N)=O)C(C)N=[N+]=[N-])S(=O)(=O)c1ccc(C)cc1. The molecule has 130 valence electrons. The molecule has 3 N–H and O–H groups in total. The van der Waals surface area contributed by atoms with Gasteiger partial charge in [-0.2, -0.15) is 0 Å². The number of rotatable bonds is 7. The van der Waals surface area contributed by atoms with E-state index >= 15 is 0 Å². The molecule has 0 aliphatic rings. The molecular formula is C14H19N5O4S. The molecular weight excluding hydrogens is 334 g/mol. The molecule has 0 heterocycles. The van der Waals surface area contributed by atoms with Gasteiger partial charge >= 0.3 is 6.03 Å². The maximum Gasteiger partial charge on any atom is 0.312 e. The van der Waals surface area contributed by atoms with Crippen LogP contribution in [0.25, 0.3) is 10.4 Å². The number of benzene rings is 1. The number of sulfone groups is 1. The van der Waals surface area contributed by atoms with Crippen LogP contribution in [0.5, 0.6) is 0 Å². The summed E-state index contributed by atoms with van der Waals surface area (Å²) in [5, 5.41) is 3.97. The zero-order valence-electron chi connectivity index (χ0n) is 13.5. The number of Topliss-reactive ketones (excluding diaryl/α,β-unsaturated/α-hetero) is 1. The molecule has 0 saturated carbocycles. The van der Waals surface area contributed by atoms with Gasteiger partial charge in [-0.15, -0.1) is 0 Å². The van der Waals surface area contributed by atoms with Crippen molar-refractivity contribution in [3.05, 3.63) is 40.3 Å². The largest absolute Gasteiger partial charge is 0.352 e. The zero-order chi connectivity index (χ0) is 18.5. The van der Waals surface area contributed by atoms with Crippen LogP contribution in [-0.2, 0) is 14.6 Å². The number of nitrogens with two attached hydrogens (primary N) is 1. The summed E-state index contributed by atoms with van der Waals surface area (Å²) >= 11 is 0. The lowest BCUT2D eigenvalue weighted by Crippen LogP contribution is -2.56. The fraction of sp³-hybridized carbons (Fsp3) is 0.429. The van der Waals surface area contributed by atoms with E-state index in [1.165, 1.54) is 19.1 Å². The molecule has 1 aromatic rings. The van der Waals surface area contributed by atoms with Gasteiger partial charge < -0.3 is 11.1 Å². The highest BCUT2D eigenvalue weighted by molar-refractivity contribution is 7.92. The van der Waals surface area contributed by atoms with Crippen molar-refractivity contribution in [1.82, 2.24) is 5.32 Å². The van der Waals surface area contributed by atoms with Crippen molar-refractivity contribution in [3.8, 4) is 0 Å². The smallest absolute Gasteiger partial charge is 0.312 e. The number of hydrogen-bond donors (Lipinski definition) is 2. The average Bonchev–Trinajstić information content (AvgIpc) is 2.46. The minimum absolute atomic E-state index is 0.0716. The minimum Gasteiger partial charge on any atom is -0.352 e. The molecule has 0 aromatic heterocycles.